The maximum absolute atomic E-state index is 5.51. The van der Waals surface area contributed by atoms with E-state index in [9.17, 15) is 0 Å². The van der Waals surface area contributed by atoms with Gasteiger partial charge in [-0.05, 0) is 12.2 Å². The fourth-order valence-electron chi connectivity index (χ4n) is 0.617. The van der Waals surface area contributed by atoms with E-state index in [1.807, 2.05) is 0 Å². The first-order valence-corrected chi connectivity index (χ1v) is 3.15. The molecule has 0 fully saturated rings. The summed E-state index contributed by atoms with van der Waals surface area (Å²) in [7, 11) is 1.54. The van der Waals surface area contributed by atoms with Crippen molar-refractivity contribution in [3.63, 3.8) is 0 Å². The van der Waals surface area contributed by atoms with Gasteiger partial charge in [0, 0.05) is 13.3 Å². The van der Waals surface area contributed by atoms with Gasteiger partial charge in [0.25, 0.3) is 0 Å². The molecule has 0 atom stereocenters. The summed E-state index contributed by atoms with van der Waals surface area (Å²) in [5, 5.41) is 1.32. The van der Waals surface area contributed by atoms with Crippen LogP contribution in [0.1, 0.15) is 0 Å². The minimum atomic E-state index is 0.162. The molecule has 0 bridgehead atoms. The molecule has 0 unspecified atom stereocenters. The Morgan fingerprint density at radius 2 is 2.55 bits per heavy atom. The summed E-state index contributed by atoms with van der Waals surface area (Å²) in [5.74, 6) is 0.490. The van der Waals surface area contributed by atoms with Crippen molar-refractivity contribution in [1.29, 1.82) is 0 Å². The highest BCUT2D eigenvalue weighted by atomic mass is 16.8. The van der Waals surface area contributed by atoms with Gasteiger partial charge in [-0.15, -0.1) is 5.17 Å². The predicted molar refractivity (Wildman–Crippen MR) is 39.3 cm³/mol. The molecule has 0 aromatic heterocycles. The number of methoxy groups -OCH3 is 1. The quantitative estimate of drug-likeness (QED) is 0.549. The molecule has 0 saturated carbocycles. The fraction of sp³-hybridized carbons (Fsp3) is 0.333. The first kappa shape index (κ1) is 7.90. The highest BCUT2D eigenvalue weighted by Gasteiger charge is 2.05. The molecule has 0 radical (unpaired) electrons. The second-order valence-electron chi connectivity index (χ2n) is 1.91. The van der Waals surface area contributed by atoms with Crippen molar-refractivity contribution >= 4 is 0 Å². The summed E-state index contributed by atoms with van der Waals surface area (Å²) in [4.78, 5) is 5.00. The maximum Gasteiger partial charge on any atom is 0.175 e. The van der Waals surface area contributed by atoms with Crippen LogP contribution in [0, 0.1) is 0 Å². The van der Waals surface area contributed by atoms with Crippen LogP contribution in [0.5, 0.6) is 0 Å². The number of nitrogens with one attached hydrogen (secondary N) is 1. The number of hydroxylamine groups is 1. The maximum atomic E-state index is 5.51. The minimum Gasteiger partial charge on any atom is -0.382 e. The Balaban J connectivity index is 2.35. The molecule has 1 aliphatic rings. The number of nitrogens with two attached hydrogens (primary N) is 1. The van der Waals surface area contributed by atoms with Crippen molar-refractivity contribution in [1.82, 2.24) is 10.6 Å². The SMILES string of the molecule is COCON1NC=CC=C1N. The van der Waals surface area contributed by atoms with E-state index in [4.69, 9.17) is 10.6 Å². The zero-order valence-electron chi connectivity index (χ0n) is 6.28. The Morgan fingerprint density at radius 1 is 1.73 bits per heavy atom. The monoisotopic (exact) mass is 157 g/mol. The van der Waals surface area contributed by atoms with Crippen LogP contribution < -0.4 is 11.2 Å². The molecule has 5 nitrogen and oxygen atoms in total. The smallest absolute Gasteiger partial charge is 0.175 e. The van der Waals surface area contributed by atoms with Gasteiger partial charge in [-0.2, -0.15) is 0 Å². The number of ether oxygens (including phenoxy) is 1. The largest absolute Gasteiger partial charge is 0.382 e. The molecule has 1 rings (SSSR count). The van der Waals surface area contributed by atoms with Crippen LogP contribution in [0.15, 0.2) is 24.2 Å². The van der Waals surface area contributed by atoms with Crippen LogP contribution in [-0.4, -0.2) is 19.1 Å². The van der Waals surface area contributed by atoms with Gasteiger partial charge in [-0.25, -0.2) is 4.84 Å². The van der Waals surface area contributed by atoms with Crippen LogP contribution in [-0.2, 0) is 9.57 Å². The predicted octanol–water partition coefficient (Wildman–Crippen LogP) is -0.344. The van der Waals surface area contributed by atoms with Gasteiger partial charge in [-0.1, -0.05) is 0 Å². The van der Waals surface area contributed by atoms with Crippen molar-refractivity contribution in [3.8, 4) is 0 Å². The Hall–Kier alpha value is -1.20. The number of nitrogens with zero attached hydrogens (tertiary/aromatic N) is 1. The van der Waals surface area contributed by atoms with E-state index < -0.39 is 0 Å². The Kier molecular flexibility index (Phi) is 2.76. The van der Waals surface area contributed by atoms with E-state index in [2.05, 4.69) is 10.2 Å². The zero-order valence-corrected chi connectivity index (χ0v) is 6.28. The van der Waals surface area contributed by atoms with Crippen molar-refractivity contribution in [3.05, 3.63) is 24.2 Å². The van der Waals surface area contributed by atoms with Crippen molar-refractivity contribution < 1.29 is 9.57 Å². The molecule has 5 heteroatoms. The van der Waals surface area contributed by atoms with Crippen LogP contribution >= 0.6 is 0 Å². The van der Waals surface area contributed by atoms with E-state index >= 15 is 0 Å². The summed E-state index contributed by atoms with van der Waals surface area (Å²) < 4.78 is 4.68. The lowest BCUT2D eigenvalue weighted by Crippen LogP contribution is -2.38. The van der Waals surface area contributed by atoms with Crippen LogP contribution in [0.3, 0.4) is 0 Å². The molecule has 11 heavy (non-hydrogen) atoms. The van der Waals surface area contributed by atoms with Gasteiger partial charge >= 0.3 is 0 Å². The number of hydrogen-bond donors (Lipinski definition) is 2. The molecule has 0 spiro atoms. The second kappa shape index (κ2) is 3.85. The van der Waals surface area contributed by atoms with E-state index in [-0.39, 0.29) is 6.79 Å². The third-order valence-electron chi connectivity index (χ3n) is 1.09. The molecule has 3 N–H and O–H groups in total. The Labute approximate surface area is 65.0 Å². The summed E-state index contributed by atoms with van der Waals surface area (Å²) in [6.45, 7) is 0.162. The zero-order chi connectivity index (χ0) is 8.10. The highest BCUT2D eigenvalue weighted by molar-refractivity contribution is 5.10. The number of hydrogen-bond acceptors (Lipinski definition) is 5. The highest BCUT2D eigenvalue weighted by Crippen LogP contribution is 1.99. The molecule has 1 heterocycles. The second-order valence-corrected chi connectivity index (χ2v) is 1.91. The fourth-order valence-corrected chi connectivity index (χ4v) is 0.617. The van der Waals surface area contributed by atoms with Gasteiger partial charge in [0.2, 0.25) is 0 Å². The summed E-state index contributed by atoms with van der Waals surface area (Å²) in [6, 6.07) is 0. The van der Waals surface area contributed by atoms with Gasteiger partial charge in [0.05, 0.1) is 0 Å². The normalized spacial score (nSPS) is 16.1. The molecular formula is C6H11N3O2. The van der Waals surface area contributed by atoms with Gasteiger partial charge in [0.1, 0.15) is 5.82 Å². The number of hydrazine groups is 1. The molecular weight excluding hydrogens is 146 g/mol. The molecule has 0 saturated heterocycles. The lowest BCUT2D eigenvalue weighted by atomic mass is 10.5. The summed E-state index contributed by atoms with van der Waals surface area (Å²) >= 11 is 0. The lowest BCUT2D eigenvalue weighted by Gasteiger charge is -2.24. The third kappa shape index (κ3) is 2.14. The van der Waals surface area contributed by atoms with Crippen LogP contribution in [0.2, 0.25) is 0 Å². The van der Waals surface area contributed by atoms with E-state index in [0.717, 1.165) is 0 Å². The van der Waals surface area contributed by atoms with Crippen molar-refractivity contribution in [2.24, 2.45) is 5.73 Å². The first-order valence-electron chi connectivity index (χ1n) is 3.15. The Morgan fingerprint density at radius 3 is 3.18 bits per heavy atom. The topological polar surface area (TPSA) is 59.8 Å². The van der Waals surface area contributed by atoms with E-state index in [1.54, 1.807) is 25.5 Å². The number of rotatable bonds is 3. The van der Waals surface area contributed by atoms with E-state index in [1.165, 1.54) is 5.17 Å². The third-order valence-corrected chi connectivity index (χ3v) is 1.09. The van der Waals surface area contributed by atoms with Crippen LogP contribution in [0.25, 0.3) is 0 Å². The van der Waals surface area contributed by atoms with Gasteiger partial charge in [-0.3, -0.25) is 5.43 Å². The molecule has 0 amide bonds. The molecule has 1 aliphatic heterocycles. The summed E-state index contributed by atoms with van der Waals surface area (Å²) in [6.07, 6.45) is 5.19. The first-order chi connectivity index (χ1) is 5.34. The average molecular weight is 157 g/mol. The molecule has 0 aromatic carbocycles. The lowest BCUT2D eigenvalue weighted by molar-refractivity contribution is -0.218. The average Bonchev–Trinajstić information content (AvgIpc) is 2.03. The standard InChI is InChI=1S/C6H11N3O2/c1-10-5-11-9-6(7)3-2-4-8-9/h2-4,8H,5,7H2,1H3. The van der Waals surface area contributed by atoms with E-state index in [0.29, 0.717) is 5.82 Å². The van der Waals surface area contributed by atoms with Crippen molar-refractivity contribution in [2.75, 3.05) is 13.9 Å². The van der Waals surface area contributed by atoms with Gasteiger partial charge in [0.15, 0.2) is 6.79 Å². The molecule has 62 valence electrons. The van der Waals surface area contributed by atoms with Gasteiger partial charge < -0.3 is 10.5 Å². The molecule has 0 aliphatic carbocycles. The summed E-state index contributed by atoms with van der Waals surface area (Å²) in [5.41, 5.74) is 8.27. The van der Waals surface area contributed by atoms with Crippen LogP contribution in [0.4, 0.5) is 0 Å². The Bertz CT molecular complexity index is 179. The van der Waals surface area contributed by atoms with Crippen molar-refractivity contribution in [2.45, 2.75) is 0 Å². The minimum absolute atomic E-state index is 0.162. The molecule has 0 aromatic rings. The number of allylic oxidation sites excluding steroid dienone is 2.